The van der Waals surface area contributed by atoms with Gasteiger partial charge in [0.15, 0.2) is 9.84 Å². The summed E-state index contributed by atoms with van der Waals surface area (Å²) < 4.78 is 28.4. The Morgan fingerprint density at radius 1 is 1.48 bits per heavy atom. The number of carboxylic acids is 1. The molecule has 0 bridgehead atoms. The molecule has 0 saturated carbocycles. The lowest BCUT2D eigenvalue weighted by molar-refractivity contribution is -0.137. The molecule has 1 aliphatic rings. The van der Waals surface area contributed by atoms with Crippen LogP contribution in [0, 0.1) is 0 Å². The lowest BCUT2D eigenvalue weighted by Gasteiger charge is -2.37. The second kappa shape index (κ2) is 7.85. The van der Waals surface area contributed by atoms with Gasteiger partial charge < -0.3 is 19.6 Å². The highest BCUT2D eigenvalue weighted by molar-refractivity contribution is 8.00. The maximum Gasteiger partial charge on any atom is 0.323 e. The molecule has 21 heavy (non-hydrogen) atoms. The molecule has 0 aromatic carbocycles. The van der Waals surface area contributed by atoms with Gasteiger partial charge in [0, 0.05) is 38.0 Å². The Kier molecular flexibility index (Phi) is 6.75. The molecule has 0 aliphatic carbocycles. The van der Waals surface area contributed by atoms with E-state index in [4.69, 9.17) is 9.84 Å². The first-order chi connectivity index (χ1) is 9.77. The molecular formula is C11H20N2O6S2. The molecule has 10 heteroatoms. The van der Waals surface area contributed by atoms with Crippen molar-refractivity contribution in [2.45, 2.75) is 5.37 Å². The number of carbonyl (C=O) groups excluding carboxylic acids is 1. The number of methoxy groups -OCH3 is 1. The number of amides is 2. The van der Waals surface area contributed by atoms with E-state index in [1.54, 1.807) is 0 Å². The topological polar surface area (TPSA) is 104 Å². The molecule has 122 valence electrons. The number of urea groups is 1. The highest BCUT2D eigenvalue weighted by Gasteiger charge is 2.36. The second-order valence-corrected chi connectivity index (χ2v) is 8.00. The van der Waals surface area contributed by atoms with Gasteiger partial charge in [-0.1, -0.05) is 0 Å². The number of carboxylic acid groups (broad SMARTS) is 1. The number of hydrogen-bond acceptors (Lipinski definition) is 6. The van der Waals surface area contributed by atoms with Crippen LogP contribution in [0.25, 0.3) is 0 Å². The largest absolute Gasteiger partial charge is 0.480 e. The molecule has 1 saturated heterocycles. The first-order valence-electron chi connectivity index (χ1n) is 6.30. The van der Waals surface area contributed by atoms with Crippen molar-refractivity contribution in [3.8, 4) is 0 Å². The van der Waals surface area contributed by atoms with E-state index in [9.17, 15) is 18.0 Å². The van der Waals surface area contributed by atoms with E-state index in [0.717, 1.165) is 11.2 Å². The van der Waals surface area contributed by atoms with Crippen LogP contribution in [0.5, 0.6) is 0 Å². The van der Waals surface area contributed by atoms with Gasteiger partial charge in [-0.05, 0) is 0 Å². The first kappa shape index (κ1) is 18.1. The third kappa shape index (κ3) is 5.36. The molecule has 0 aromatic rings. The maximum atomic E-state index is 12.5. The number of aliphatic carboxylic acids is 1. The Labute approximate surface area is 128 Å². The van der Waals surface area contributed by atoms with E-state index < -0.39 is 33.8 Å². The van der Waals surface area contributed by atoms with Gasteiger partial charge in [-0.3, -0.25) is 4.79 Å². The number of rotatable bonds is 6. The number of sulfone groups is 1. The predicted octanol–water partition coefficient (Wildman–Crippen LogP) is -0.441. The molecule has 1 unspecified atom stereocenters. The quantitative estimate of drug-likeness (QED) is 0.699. The predicted molar refractivity (Wildman–Crippen MR) is 79.1 cm³/mol. The molecule has 8 nitrogen and oxygen atoms in total. The van der Waals surface area contributed by atoms with Crippen LogP contribution in [0.1, 0.15) is 0 Å². The summed E-state index contributed by atoms with van der Waals surface area (Å²) in [7, 11) is -1.98. The summed E-state index contributed by atoms with van der Waals surface area (Å²) in [5.41, 5.74) is 0. The van der Waals surface area contributed by atoms with E-state index in [1.807, 2.05) is 0 Å². The zero-order valence-electron chi connectivity index (χ0n) is 12.0. The maximum absolute atomic E-state index is 12.5. The van der Waals surface area contributed by atoms with Gasteiger partial charge in [-0.25, -0.2) is 13.2 Å². The van der Waals surface area contributed by atoms with E-state index in [1.165, 1.54) is 23.8 Å². The van der Waals surface area contributed by atoms with Crippen molar-refractivity contribution in [3.63, 3.8) is 0 Å². The second-order valence-electron chi connectivity index (χ2n) is 4.64. The summed E-state index contributed by atoms with van der Waals surface area (Å²) in [5.74, 6) is -0.222. The molecule has 1 fully saturated rings. The van der Waals surface area contributed by atoms with Crippen LogP contribution >= 0.6 is 11.8 Å². The monoisotopic (exact) mass is 340 g/mol. The third-order valence-electron chi connectivity index (χ3n) is 2.99. The number of hydrogen-bond donors (Lipinski definition) is 1. The molecule has 1 rings (SSSR count). The van der Waals surface area contributed by atoms with Crippen molar-refractivity contribution < 1.29 is 27.9 Å². The Hall–Kier alpha value is -1.00. The van der Waals surface area contributed by atoms with Crippen molar-refractivity contribution in [1.82, 2.24) is 9.80 Å². The average molecular weight is 340 g/mol. The van der Waals surface area contributed by atoms with Gasteiger partial charge in [0.05, 0.1) is 6.61 Å². The van der Waals surface area contributed by atoms with Gasteiger partial charge in [0.2, 0.25) is 0 Å². The lowest BCUT2D eigenvalue weighted by Crippen LogP contribution is -2.55. The van der Waals surface area contributed by atoms with Crippen LogP contribution in [0.15, 0.2) is 0 Å². The van der Waals surface area contributed by atoms with Gasteiger partial charge in [-0.15, -0.1) is 0 Å². The molecular weight excluding hydrogens is 320 g/mol. The summed E-state index contributed by atoms with van der Waals surface area (Å²) in [6, 6.07) is -0.579. The van der Waals surface area contributed by atoms with Gasteiger partial charge in [0.1, 0.15) is 11.9 Å². The van der Waals surface area contributed by atoms with E-state index in [0.29, 0.717) is 11.5 Å². The fourth-order valence-corrected chi connectivity index (χ4v) is 4.75. The van der Waals surface area contributed by atoms with Crippen molar-refractivity contribution in [3.05, 3.63) is 0 Å². The molecule has 1 heterocycles. The summed E-state index contributed by atoms with van der Waals surface area (Å²) in [6.45, 7) is 0.0829. The Bertz CT molecular complexity index is 481. The Morgan fingerprint density at radius 2 is 2.14 bits per heavy atom. The van der Waals surface area contributed by atoms with Crippen LogP contribution in [0.3, 0.4) is 0 Å². The van der Waals surface area contributed by atoms with Gasteiger partial charge in [-0.2, -0.15) is 11.8 Å². The SMILES string of the molecule is COCCN(CC(=O)O)C(=O)N1CCSCC1S(C)(=O)=O. The minimum absolute atomic E-state index is 0.0990. The molecule has 0 aromatic heterocycles. The standard InChI is InChI=1S/C11H20N2O6S2/c1-19-5-3-12(7-10(14)15)11(16)13-4-6-20-8-9(13)21(2,17)18/h9H,3-8H2,1-2H3,(H,14,15). The summed E-state index contributed by atoms with van der Waals surface area (Å²) in [4.78, 5) is 25.7. The fraction of sp³-hybridized carbons (Fsp3) is 0.818. The number of carbonyl (C=O) groups is 2. The Morgan fingerprint density at radius 3 is 2.67 bits per heavy atom. The molecule has 1 N–H and O–H groups in total. The summed E-state index contributed by atoms with van der Waals surface area (Å²) in [5, 5.41) is 7.97. The van der Waals surface area contributed by atoms with Gasteiger partial charge in [0.25, 0.3) is 0 Å². The zero-order valence-corrected chi connectivity index (χ0v) is 13.7. The van der Waals surface area contributed by atoms with Crippen LogP contribution in [-0.2, 0) is 19.4 Å². The van der Waals surface area contributed by atoms with Crippen molar-refractivity contribution >= 4 is 33.6 Å². The van der Waals surface area contributed by atoms with E-state index >= 15 is 0 Å². The van der Waals surface area contributed by atoms with Crippen molar-refractivity contribution in [2.24, 2.45) is 0 Å². The summed E-state index contributed by atoms with van der Waals surface area (Å²) in [6.07, 6.45) is 1.08. The zero-order chi connectivity index (χ0) is 16.0. The minimum atomic E-state index is -3.42. The van der Waals surface area contributed by atoms with E-state index in [2.05, 4.69) is 0 Å². The van der Waals surface area contributed by atoms with Crippen LogP contribution in [0.4, 0.5) is 4.79 Å². The number of thioether (sulfide) groups is 1. The Balaban J connectivity index is 2.90. The highest BCUT2D eigenvalue weighted by atomic mass is 32.2. The van der Waals surface area contributed by atoms with E-state index in [-0.39, 0.29) is 19.7 Å². The summed E-state index contributed by atoms with van der Waals surface area (Å²) >= 11 is 1.46. The third-order valence-corrected chi connectivity index (χ3v) is 5.63. The lowest BCUT2D eigenvalue weighted by atomic mass is 10.4. The molecule has 0 radical (unpaired) electrons. The minimum Gasteiger partial charge on any atom is -0.480 e. The van der Waals surface area contributed by atoms with Crippen molar-refractivity contribution in [1.29, 1.82) is 0 Å². The normalized spacial score (nSPS) is 19.3. The molecule has 2 amide bonds. The smallest absolute Gasteiger partial charge is 0.323 e. The van der Waals surface area contributed by atoms with Gasteiger partial charge >= 0.3 is 12.0 Å². The highest BCUT2D eigenvalue weighted by Crippen LogP contribution is 2.21. The van der Waals surface area contributed by atoms with Crippen LogP contribution in [-0.4, -0.2) is 91.8 Å². The fourth-order valence-electron chi connectivity index (χ4n) is 1.94. The van der Waals surface area contributed by atoms with Crippen LogP contribution in [0.2, 0.25) is 0 Å². The number of nitrogens with zero attached hydrogens (tertiary/aromatic N) is 2. The van der Waals surface area contributed by atoms with Crippen LogP contribution < -0.4 is 0 Å². The molecule has 1 atom stereocenters. The average Bonchev–Trinajstić information content (AvgIpc) is 2.41. The van der Waals surface area contributed by atoms with Crippen molar-refractivity contribution in [2.75, 3.05) is 51.1 Å². The first-order valence-corrected chi connectivity index (χ1v) is 9.41. The molecule has 1 aliphatic heterocycles. The molecule has 0 spiro atoms. The number of ether oxygens (including phenoxy) is 1.